The number of nitrogens with zero attached hydrogens (tertiary/aromatic N) is 2. The zero-order valence-electron chi connectivity index (χ0n) is 12.9. The van der Waals surface area contributed by atoms with Crippen LogP contribution in [-0.2, 0) is 0 Å². The number of piperazine rings is 1. The van der Waals surface area contributed by atoms with Gasteiger partial charge in [-0.1, -0.05) is 0 Å². The third kappa shape index (κ3) is 3.06. The predicted molar refractivity (Wildman–Crippen MR) is 77.9 cm³/mol. The molecule has 0 aromatic heterocycles. The summed E-state index contributed by atoms with van der Waals surface area (Å²) < 4.78 is 0. The Morgan fingerprint density at radius 3 is 2.22 bits per heavy atom. The molecule has 2 saturated heterocycles. The molecule has 0 saturated carbocycles. The lowest BCUT2D eigenvalue weighted by atomic mass is 9.98. The van der Waals surface area contributed by atoms with Crippen molar-refractivity contribution in [3.63, 3.8) is 0 Å². The van der Waals surface area contributed by atoms with Crippen molar-refractivity contribution in [3.05, 3.63) is 0 Å². The molecule has 2 aliphatic heterocycles. The third-order valence-corrected chi connectivity index (χ3v) is 4.72. The van der Waals surface area contributed by atoms with Gasteiger partial charge in [0, 0.05) is 50.3 Å². The van der Waals surface area contributed by atoms with Crippen LogP contribution in [0.5, 0.6) is 0 Å². The van der Waals surface area contributed by atoms with E-state index in [-0.39, 0.29) is 0 Å². The smallest absolute Gasteiger partial charge is 0.0130 e. The third-order valence-electron chi connectivity index (χ3n) is 4.72. The zero-order chi connectivity index (χ0) is 13.3. The molecule has 106 valence electrons. The van der Waals surface area contributed by atoms with Crippen LogP contribution < -0.4 is 5.32 Å². The van der Waals surface area contributed by atoms with Gasteiger partial charge in [-0.2, -0.15) is 0 Å². The SMILES string of the molecule is C[C@@H]1C[C@H](CN2CCNCC2)[C@@H](C)N1C(C)(C)C. The highest BCUT2D eigenvalue weighted by Crippen LogP contribution is 2.35. The molecule has 3 nitrogen and oxygen atoms in total. The van der Waals surface area contributed by atoms with E-state index in [1.165, 1.54) is 39.1 Å². The largest absolute Gasteiger partial charge is 0.314 e. The van der Waals surface area contributed by atoms with Crippen LogP contribution in [0.3, 0.4) is 0 Å². The second kappa shape index (κ2) is 5.48. The molecule has 0 spiro atoms. The van der Waals surface area contributed by atoms with Gasteiger partial charge in [0.15, 0.2) is 0 Å². The van der Waals surface area contributed by atoms with Gasteiger partial charge in [-0.25, -0.2) is 0 Å². The molecule has 0 aliphatic carbocycles. The maximum Gasteiger partial charge on any atom is 0.0130 e. The highest BCUT2D eigenvalue weighted by atomic mass is 15.3. The number of nitrogens with one attached hydrogen (secondary N) is 1. The molecule has 0 unspecified atom stereocenters. The standard InChI is InChI=1S/C15H31N3/c1-12-10-14(11-17-8-6-16-7-9-17)13(2)18(12)15(3,4)5/h12-14,16H,6-11H2,1-5H3/t12-,13-,14-/m1/s1. The maximum absolute atomic E-state index is 3.44. The lowest BCUT2D eigenvalue weighted by Crippen LogP contribution is -2.50. The van der Waals surface area contributed by atoms with Crippen LogP contribution in [0.2, 0.25) is 0 Å². The van der Waals surface area contributed by atoms with Crippen molar-refractivity contribution >= 4 is 0 Å². The van der Waals surface area contributed by atoms with Crippen LogP contribution in [-0.4, -0.2) is 60.1 Å². The lowest BCUT2D eigenvalue weighted by Gasteiger charge is -2.40. The molecule has 0 bridgehead atoms. The summed E-state index contributed by atoms with van der Waals surface area (Å²) in [6.45, 7) is 18.0. The lowest BCUT2D eigenvalue weighted by molar-refractivity contribution is 0.0767. The molecule has 1 N–H and O–H groups in total. The number of hydrogen-bond donors (Lipinski definition) is 1. The number of likely N-dealkylation sites (tertiary alicyclic amines) is 1. The quantitative estimate of drug-likeness (QED) is 0.809. The number of hydrogen-bond acceptors (Lipinski definition) is 3. The van der Waals surface area contributed by atoms with Crippen LogP contribution in [0, 0.1) is 5.92 Å². The normalized spacial score (nSPS) is 36.2. The topological polar surface area (TPSA) is 18.5 Å². The highest BCUT2D eigenvalue weighted by Gasteiger charge is 2.41. The summed E-state index contributed by atoms with van der Waals surface area (Å²) in [6.07, 6.45) is 1.36. The van der Waals surface area contributed by atoms with Gasteiger partial charge in [0.2, 0.25) is 0 Å². The van der Waals surface area contributed by atoms with E-state index in [2.05, 4.69) is 49.7 Å². The van der Waals surface area contributed by atoms with Gasteiger partial charge in [-0.15, -0.1) is 0 Å². The molecule has 2 fully saturated rings. The van der Waals surface area contributed by atoms with Crippen LogP contribution in [0.1, 0.15) is 41.0 Å². The van der Waals surface area contributed by atoms with Crippen molar-refractivity contribution < 1.29 is 0 Å². The summed E-state index contributed by atoms with van der Waals surface area (Å²) in [6, 6.07) is 1.45. The molecule has 18 heavy (non-hydrogen) atoms. The van der Waals surface area contributed by atoms with Gasteiger partial charge in [0.05, 0.1) is 0 Å². The highest BCUT2D eigenvalue weighted by molar-refractivity contribution is 4.96. The minimum atomic E-state index is 0.303. The number of rotatable bonds is 2. The van der Waals surface area contributed by atoms with Crippen molar-refractivity contribution in [2.24, 2.45) is 5.92 Å². The Balaban J connectivity index is 1.94. The van der Waals surface area contributed by atoms with Crippen molar-refractivity contribution in [1.82, 2.24) is 15.1 Å². The van der Waals surface area contributed by atoms with E-state index < -0.39 is 0 Å². The summed E-state index contributed by atoms with van der Waals surface area (Å²) in [4.78, 5) is 5.37. The fraction of sp³-hybridized carbons (Fsp3) is 1.00. The molecule has 2 aliphatic rings. The van der Waals surface area contributed by atoms with E-state index >= 15 is 0 Å². The monoisotopic (exact) mass is 253 g/mol. The second-order valence-corrected chi connectivity index (χ2v) is 7.21. The van der Waals surface area contributed by atoms with E-state index in [4.69, 9.17) is 0 Å². The van der Waals surface area contributed by atoms with Gasteiger partial charge in [0.1, 0.15) is 0 Å². The summed E-state index contributed by atoms with van der Waals surface area (Å²) >= 11 is 0. The summed E-state index contributed by atoms with van der Waals surface area (Å²) in [5.74, 6) is 0.845. The second-order valence-electron chi connectivity index (χ2n) is 7.21. The van der Waals surface area contributed by atoms with Gasteiger partial charge in [-0.05, 0) is 47.0 Å². The Labute approximate surface area is 113 Å². The Bertz CT molecular complexity index is 265. The Morgan fingerprint density at radius 1 is 1.11 bits per heavy atom. The van der Waals surface area contributed by atoms with Crippen molar-refractivity contribution in [1.29, 1.82) is 0 Å². The summed E-state index contributed by atoms with van der Waals surface area (Å²) in [5.41, 5.74) is 0.303. The molecular formula is C15H31N3. The predicted octanol–water partition coefficient (Wildman–Crippen LogP) is 1.79. The average molecular weight is 253 g/mol. The maximum atomic E-state index is 3.44. The molecule has 0 amide bonds. The minimum Gasteiger partial charge on any atom is -0.314 e. The van der Waals surface area contributed by atoms with E-state index in [1.807, 2.05) is 0 Å². The van der Waals surface area contributed by atoms with Crippen LogP contribution in [0.15, 0.2) is 0 Å². The Morgan fingerprint density at radius 2 is 1.72 bits per heavy atom. The Hall–Kier alpha value is -0.120. The molecule has 2 rings (SSSR count). The van der Waals surface area contributed by atoms with Gasteiger partial charge < -0.3 is 10.2 Å². The van der Waals surface area contributed by atoms with E-state index in [1.54, 1.807) is 0 Å². The van der Waals surface area contributed by atoms with E-state index in [0.29, 0.717) is 5.54 Å². The van der Waals surface area contributed by atoms with Crippen molar-refractivity contribution in [3.8, 4) is 0 Å². The van der Waals surface area contributed by atoms with Gasteiger partial charge >= 0.3 is 0 Å². The first-order valence-electron chi connectivity index (χ1n) is 7.61. The van der Waals surface area contributed by atoms with Crippen LogP contribution >= 0.6 is 0 Å². The van der Waals surface area contributed by atoms with Gasteiger partial charge in [-0.3, -0.25) is 4.90 Å². The summed E-state index contributed by atoms with van der Waals surface area (Å²) in [7, 11) is 0. The van der Waals surface area contributed by atoms with E-state index in [0.717, 1.165) is 18.0 Å². The van der Waals surface area contributed by atoms with E-state index in [9.17, 15) is 0 Å². The van der Waals surface area contributed by atoms with Crippen LogP contribution in [0.4, 0.5) is 0 Å². The van der Waals surface area contributed by atoms with Crippen molar-refractivity contribution in [2.75, 3.05) is 32.7 Å². The first kappa shape index (κ1) is 14.3. The van der Waals surface area contributed by atoms with Crippen LogP contribution in [0.25, 0.3) is 0 Å². The van der Waals surface area contributed by atoms with Crippen molar-refractivity contribution in [2.45, 2.75) is 58.7 Å². The molecule has 0 radical (unpaired) electrons. The molecule has 3 heteroatoms. The van der Waals surface area contributed by atoms with Gasteiger partial charge in [0.25, 0.3) is 0 Å². The Kier molecular flexibility index (Phi) is 4.35. The molecule has 0 aromatic rings. The minimum absolute atomic E-state index is 0.303. The average Bonchev–Trinajstić information content (AvgIpc) is 2.54. The fourth-order valence-electron chi connectivity index (χ4n) is 4.10. The zero-order valence-corrected chi connectivity index (χ0v) is 12.9. The fourth-order valence-corrected chi connectivity index (χ4v) is 4.10. The first-order chi connectivity index (χ1) is 8.39. The molecule has 3 atom stereocenters. The summed E-state index contributed by atoms with van der Waals surface area (Å²) in [5, 5.41) is 3.44. The molecule has 0 aromatic carbocycles. The molecule has 2 heterocycles. The first-order valence-corrected chi connectivity index (χ1v) is 7.61. The molecular weight excluding hydrogens is 222 g/mol.